The lowest BCUT2D eigenvalue weighted by atomic mass is 10.1. The third-order valence-corrected chi connectivity index (χ3v) is 6.59. The van der Waals surface area contributed by atoms with E-state index in [1.165, 1.54) is 19.1 Å². The van der Waals surface area contributed by atoms with Gasteiger partial charge < -0.3 is 11.1 Å². The molecule has 1 saturated carbocycles. The second-order valence-electron chi connectivity index (χ2n) is 7.95. The molecule has 4 aromatic heterocycles. The van der Waals surface area contributed by atoms with E-state index in [4.69, 9.17) is 5.73 Å². The third kappa shape index (κ3) is 3.75. The number of carbonyl (C=O) groups excluding carboxylic acids is 2. The molecule has 8 nitrogen and oxygen atoms in total. The number of nitrogens with two attached hydrogens (primary N) is 1. The van der Waals surface area contributed by atoms with Gasteiger partial charge in [0.1, 0.15) is 21.1 Å². The molecule has 0 aromatic carbocycles. The van der Waals surface area contributed by atoms with E-state index >= 15 is 0 Å². The topological polar surface area (TPSA) is 115 Å². The van der Waals surface area contributed by atoms with Crippen LogP contribution in [0.5, 0.6) is 0 Å². The summed E-state index contributed by atoms with van der Waals surface area (Å²) >= 11 is 0.768. The highest BCUT2D eigenvalue weighted by atomic mass is 32.1. The minimum atomic E-state index is -2.83. The number of amides is 2. The Kier molecular flexibility index (Phi) is 5.23. The third-order valence-electron chi connectivity index (χ3n) is 5.49. The molecular weight excluding hydrogens is 476 g/mol. The van der Waals surface area contributed by atoms with Crippen LogP contribution in [0.25, 0.3) is 15.9 Å². The van der Waals surface area contributed by atoms with Gasteiger partial charge in [-0.05, 0) is 37.5 Å². The number of anilines is 1. The largest absolute Gasteiger partial charge is 0.365 e. The van der Waals surface area contributed by atoms with Crippen molar-refractivity contribution in [1.82, 2.24) is 19.6 Å². The Bertz CT molecular complexity index is 1480. The summed E-state index contributed by atoms with van der Waals surface area (Å²) in [5.41, 5.74) is 5.33. The number of aromatic nitrogens is 4. The maximum atomic E-state index is 13.6. The first-order valence-corrected chi connectivity index (χ1v) is 11.0. The number of pyridine rings is 1. The van der Waals surface area contributed by atoms with Crippen molar-refractivity contribution < 1.29 is 27.2 Å². The molecule has 4 aromatic rings. The van der Waals surface area contributed by atoms with Crippen molar-refractivity contribution in [2.75, 3.05) is 5.32 Å². The van der Waals surface area contributed by atoms with E-state index in [1.54, 1.807) is 0 Å². The number of nitrogens with one attached hydrogen (secondary N) is 1. The van der Waals surface area contributed by atoms with Crippen LogP contribution in [-0.4, -0.2) is 31.4 Å². The Morgan fingerprint density at radius 2 is 1.88 bits per heavy atom. The molecule has 13 heteroatoms. The summed E-state index contributed by atoms with van der Waals surface area (Å²) in [4.78, 5) is 33.2. The van der Waals surface area contributed by atoms with E-state index in [2.05, 4.69) is 20.4 Å². The van der Waals surface area contributed by atoms with Crippen LogP contribution < -0.4 is 11.1 Å². The molecule has 5 rings (SSSR count). The normalized spacial score (nSPS) is 14.0. The van der Waals surface area contributed by atoms with Crippen LogP contribution in [0.3, 0.4) is 0 Å². The van der Waals surface area contributed by atoms with Gasteiger partial charge in [0.15, 0.2) is 11.3 Å². The van der Waals surface area contributed by atoms with Crippen LogP contribution in [0.1, 0.15) is 74.4 Å². The Morgan fingerprint density at radius 3 is 2.50 bits per heavy atom. The molecule has 2 amide bonds. The maximum Gasteiger partial charge on any atom is 0.280 e. The van der Waals surface area contributed by atoms with Gasteiger partial charge in [0.2, 0.25) is 0 Å². The van der Waals surface area contributed by atoms with E-state index in [-0.39, 0.29) is 43.7 Å². The average Bonchev–Trinajstić information content (AvgIpc) is 3.42. The number of aryl methyl sites for hydroxylation is 1. The highest BCUT2D eigenvalue weighted by Gasteiger charge is 2.29. The van der Waals surface area contributed by atoms with Gasteiger partial charge >= 0.3 is 0 Å². The van der Waals surface area contributed by atoms with Crippen LogP contribution in [-0.2, 0) is 0 Å². The van der Waals surface area contributed by atoms with Crippen LogP contribution in [0.4, 0.5) is 23.2 Å². The SMILES string of the molecule is Cc1cc(C(F)F)nc2sc(C(N)=O)c(NC(=O)c3cc4nc(C5CC5)cc(C(F)F)n4n3)c12. The molecule has 0 unspecified atom stereocenters. The van der Waals surface area contributed by atoms with Gasteiger partial charge in [0.25, 0.3) is 24.7 Å². The summed E-state index contributed by atoms with van der Waals surface area (Å²) in [5, 5.41) is 6.80. The molecule has 0 bridgehead atoms. The average molecular weight is 492 g/mol. The first-order valence-electron chi connectivity index (χ1n) is 10.2. The second-order valence-corrected chi connectivity index (χ2v) is 8.95. The predicted molar refractivity (Wildman–Crippen MR) is 116 cm³/mol. The van der Waals surface area contributed by atoms with Gasteiger partial charge in [0.05, 0.1) is 5.69 Å². The molecule has 1 aliphatic carbocycles. The molecule has 0 atom stereocenters. The first kappa shape index (κ1) is 22.2. The summed E-state index contributed by atoms with van der Waals surface area (Å²) in [5.74, 6) is -1.58. The number of thiophene rings is 1. The van der Waals surface area contributed by atoms with Gasteiger partial charge in [-0.25, -0.2) is 32.0 Å². The highest BCUT2D eigenvalue weighted by molar-refractivity contribution is 7.21. The summed E-state index contributed by atoms with van der Waals surface area (Å²) in [6, 6.07) is 3.71. The van der Waals surface area contributed by atoms with Gasteiger partial charge in [-0.2, -0.15) is 5.10 Å². The fourth-order valence-corrected chi connectivity index (χ4v) is 4.83. The number of fused-ring (bicyclic) bond motifs is 2. The lowest BCUT2D eigenvalue weighted by Crippen LogP contribution is -2.17. The van der Waals surface area contributed by atoms with Crippen LogP contribution in [0, 0.1) is 6.92 Å². The minimum Gasteiger partial charge on any atom is -0.365 e. The molecule has 0 radical (unpaired) electrons. The van der Waals surface area contributed by atoms with E-state index in [9.17, 15) is 27.2 Å². The molecule has 3 N–H and O–H groups in total. The minimum absolute atomic E-state index is 0.00100. The molecule has 0 spiro atoms. The number of hydrogen-bond acceptors (Lipinski definition) is 6. The Labute approximate surface area is 192 Å². The zero-order chi connectivity index (χ0) is 24.3. The van der Waals surface area contributed by atoms with E-state index in [0.717, 1.165) is 34.8 Å². The Hall–Kier alpha value is -3.61. The molecule has 176 valence electrons. The standard InChI is InChI=1S/C21H16F4N6O2S/c1-7-4-10(17(22)23)28-21-14(7)15(16(34-21)19(26)32)29-20(33)11-6-13-27-9(8-2-3-8)5-12(18(24)25)31(13)30-11/h4-6,8,17-18H,2-3H2,1H3,(H2,26,32)(H,29,33). The second kappa shape index (κ2) is 8.01. The predicted octanol–water partition coefficient (Wildman–Crippen LogP) is 4.75. The lowest BCUT2D eigenvalue weighted by molar-refractivity contribution is 0.100. The molecule has 4 heterocycles. The highest BCUT2D eigenvalue weighted by Crippen LogP contribution is 2.41. The van der Waals surface area contributed by atoms with Crippen molar-refractivity contribution in [1.29, 1.82) is 0 Å². The zero-order valence-corrected chi connectivity index (χ0v) is 18.3. The monoisotopic (exact) mass is 492 g/mol. The van der Waals surface area contributed by atoms with Crippen molar-refractivity contribution in [2.24, 2.45) is 5.73 Å². The summed E-state index contributed by atoms with van der Waals surface area (Å²) in [7, 11) is 0. The van der Waals surface area contributed by atoms with Crippen molar-refractivity contribution in [2.45, 2.75) is 38.5 Å². The fraction of sp³-hybridized carbons (Fsp3) is 0.286. The van der Waals surface area contributed by atoms with Gasteiger partial charge in [-0.3, -0.25) is 9.59 Å². The molecule has 34 heavy (non-hydrogen) atoms. The lowest BCUT2D eigenvalue weighted by Gasteiger charge is -2.07. The Balaban J connectivity index is 1.58. The molecule has 1 fully saturated rings. The van der Waals surface area contributed by atoms with Crippen LogP contribution >= 0.6 is 11.3 Å². The molecule has 0 saturated heterocycles. The number of carbonyl (C=O) groups is 2. The Morgan fingerprint density at radius 1 is 1.15 bits per heavy atom. The van der Waals surface area contributed by atoms with E-state index in [0.29, 0.717) is 11.3 Å². The molecule has 1 aliphatic rings. The zero-order valence-electron chi connectivity index (χ0n) is 17.5. The summed E-state index contributed by atoms with van der Waals surface area (Å²) < 4.78 is 54.5. The van der Waals surface area contributed by atoms with E-state index < -0.39 is 30.4 Å². The van der Waals surface area contributed by atoms with Crippen molar-refractivity contribution in [3.05, 3.63) is 51.4 Å². The number of halogens is 4. The van der Waals surface area contributed by atoms with Crippen LogP contribution in [0.15, 0.2) is 18.2 Å². The number of primary amides is 1. The summed E-state index contributed by atoms with van der Waals surface area (Å²) in [6.45, 7) is 1.53. The molecule has 0 aliphatic heterocycles. The van der Waals surface area contributed by atoms with Crippen molar-refractivity contribution in [3.63, 3.8) is 0 Å². The van der Waals surface area contributed by atoms with Gasteiger partial charge in [-0.15, -0.1) is 11.3 Å². The molecular formula is C21H16F4N6O2S. The van der Waals surface area contributed by atoms with E-state index in [1.807, 2.05) is 0 Å². The van der Waals surface area contributed by atoms with Gasteiger partial charge in [0, 0.05) is 23.1 Å². The van der Waals surface area contributed by atoms with Crippen LogP contribution in [0.2, 0.25) is 0 Å². The quantitative estimate of drug-likeness (QED) is 0.377. The van der Waals surface area contributed by atoms with Gasteiger partial charge in [-0.1, -0.05) is 0 Å². The number of rotatable bonds is 6. The first-order chi connectivity index (χ1) is 16.1. The number of alkyl halides is 4. The summed E-state index contributed by atoms with van der Waals surface area (Å²) in [6.07, 6.45) is -3.95. The van der Waals surface area contributed by atoms with Crippen molar-refractivity contribution in [3.8, 4) is 0 Å². The fourth-order valence-electron chi connectivity index (χ4n) is 3.76. The number of nitrogens with zero attached hydrogens (tertiary/aromatic N) is 4. The smallest absolute Gasteiger partial charge is 0.280 e. The maximum absolute atomic E-state index is 13.6. The van der Waals surface area contributed by atoms with Crippen molar-refractivity contribution >= 4 is 44.7 Å². The number of hydrogen-bond donors (Lipinski definition) is 2.